The number of aryl methyl sites for hydroxylation is 1. The van der Waals surface area contributed by atoms with Crippen LogP contribution in [0.5, 0.6) is 0 Å². The van der Waals surface area contributed by atoms with Crippen LogP contribution in [0.2, 0.25) is 0 Å². The maximum Gasteiger partial charge on any atom is 0.106 e. The Morgan fingerprint density at radius 1 is 1.06 bits per heavy atom. The Hall–Kier alpha value is -0.0600. The van der Waals surface area contributed by atoms with Gasteiger partial charge in [0.2, 0.25) is 0 Å². The minimum absolute atomic E-state index is 1.11. The second kappa shape index (κ2) is 9.02. The van der Waals surface area contributed by atoms with Gasteiger partial charge in [-0.25, -0.2) is 4.98 Å². The van der Waals surface area contributed by atoms with Gasteiger partial charge in [0, 0.05) is 6.42 Å². The van der Waals surface area contributed by atoms with E-state index in [2.05, 4.69) is 39.5 Å². The molecule has 0 saturated heterocycles. The minimum Gasteiger partial charge on any atom is -0.337 e. The summed E-state index contributed by atoms with van der Waals surface area (Å²) < 4.78 is 1.15. The predicted molar refractivity (Wildman–Crippen MR) is 77.6 cm³/mol. The van der Waals surface area contributed by atoms with Crippen molar-refractivity contribution in [3.05, 3.63) is 15.7 Å². The Kier molecular flexibility index (Phi) is 7.89. The standard InChI is InChI=1S/C13H23IN2/c1-2-3-4-5-6-7-8-9-10-13-15-11-12(14)16-13/h11H,2-10H2,1H3,(H,15,16). The molecule has 1 N–H and O–H groups in total. The van der Waals surface area contributed by atoms with Crippen LogP contribution >= 0.6 is 22.6 Å². The number of aromatic amines is 1. The second-order valence-electron chi connectivity index (χ2n) is 4.40. The van der Waals surface area contributed by atoms with Gasteiger partial charge in [-0.1, -0.05) is 51.9 Å². The van der Waals surface area contributed by atoms with Crippen molar-refractivity contribution in [1.29, 1.82) is 0 Å². The summed E-state index contributed by atoms with van der Waals surface area (Å²) in [7, 11) is 0. The molecule has 0 aliphatic rings. The molecule has 0 fully saturated rings. The Bertz CT molecular complexity index is 271. The number of H-pyrrole nitrogens is 1. The molecular formula is C13H23IN2. The topological polar surface area (TPSA) is 28.7 Å². The molecule has 16 heavy (non-hydrogen) atoms. The van der Waals surface area contributed by atoms with E-state index in [1.54, 1.807) is 0 Å². The zero-order valence-electron chi connectivity index (χ0n) is 10.3. The Morgan fingerprint density at radius 3 is 2.25 bits per heavy atom. The molecule has 2 nitrogen and oxygen atoms in total. The minimum atomic E-state index is 1.11. The second-order valence-corrected chi connectivity index (χ2v) is 5.56. The SMILES string of the molecule is CCCCCCCCCCc1ncc(I)[nH]1. The third kappa shape index (κ3) is 6.51. The average molecular weight is 334 g/mol. The summed E-state index contributed by atoms with van der Waals surface area (Å²) >= 11 is 2.27. The van der Waals surface area contributed by atoms with Crippen LogP contribution in [-0.4, -0.2) is 9.97 Å². The number of unbranched alkanes of at least 4 members (excludes halogenated alkanes) is 7. The highest BCUT2D eigenvalue weighted by Crippen LogP contribution is 2.10. The van der Waals surface area contributed by atoms with Crippen molar-refractivity contribution in [2.45, 2.75) is 64.7 Å². The number of halogens is 1. The van der Waals surface area contributed by atoms with E-state index in [0.29, 0.717) is 0 Å². The van der Waals surface area contributed by atoms with E-state index in [1.807, 2.05) is 6.20 Å². The molecule has 0 radical (unpaired) electrons. The molecule has 0 bridgehead atoms. The first-order chi connectivity index (χ1) is 7.83. The number of rotatable bonds is 9. The molecule has 1 aromatic rings. The zero-order chi connectivity index (χ0) is 11.6. The van der Waals surface area contributed by atoms with Crippen molar-refractivity contribution < 1.29 is 0 Å². The van der Waals surface area contributed by atoms with Gasteiger partial charge in [0.1, 0.15) is 5.82 Å². The van der Waals surface area contributed by atoms with Crippen molar-refractivity contribution in [3.8, 4) is 0 Å². The summed E-state index contributed by atoms with van der Waals surface area (Å²) in [6.07, 6.45) is 14.0. The number of imidazole rings is 1. The fourth-order valence-corrected chi connectivity index (χ4v) is 2.34. The molecule has 0 amide bonds. The predicted octanol–water partition coefficient (Wildman–Crippen LogP) is 4.70. The van der Waals surface area contributed by atoms with E-state index >= 15 is 0 Å². The first-order valence-corrected chi connectivity index (χ1v) is 7.60. The summed E-state index contributed by atoms with van der Waals surface area (Å²) in [4.78, 5) is 7.58. The van der Waals surface area contributed by atoms with E-state index < -0.39 is 0 Å². The van der Waals surface area contributed by atoms with E-state index in [0.717, 1.165) is 15.9 Å². The Labute approximate surface area is 113 Å². The highest BCUT2D eigenvalue weighted by Gasteiger charge is 1.97. The van der Waals surface area contributed by atoms with E-state index in [9.17, 15) is 0 Å². The van der Waals surface area contributed by atoms with Crippen LogP contribution in [0.3, 0.4) is 0 Å². The quantitative estimate of drug-likeness (QED) is 0.515. The smallest absolute Gasteiger partial charge is 0.106 e. The lowest BCUT2D eigenvalue weighted by atomic mass is 10.1. The van der Waals surface area contributed by atoms with E-state index in [4.69, 9.17) is 0 Å². The molecule has 92 valence electrons. The number of nitrogens with zero attached hydrogens (tertiary/aromatic N) is 1. The summed E-state index contributed by atoms with van der Waals surface area (Å²) in [5.41, 5.74) is 0. The zero-order valence-corrected chi connectivity index (χ0v) is 12.4. The highest BCUT2D eigenvalue weighted by atomic mass is 127. The van der Waals surface area contributed by atoms with Gasteiger partial charge in [0.05, 0.1) is 9.90 Å². The van der Waals surface area contributed by atoms with Gasteiger partial charge >= 0.3 is 0 Å². The van der Waals surface area contributed by atoms with Gasteiger partial charge < -0.3 is 4.98 Å². The highest BCUT2D eigenvalue weighted by molar-refractivity contribution is 14.1. The maximum atomic E-state index is 4.31. The number of hydrogen-bond acceptors (Lipinski definition) is 1. The summed E-state index contributed by atoms with van der Waals surface area (Å²) in [5, 5.41) is 0. The summed E-state index contributed by atoms with van der Waals surface area (Å²) in [6.45, 7) is 2.27. The Morgan fingerprint density at radius 2 is 1.69 bits per heavy atom. The fraction of sp³-hybridized carbons (Fsp3) is 0.769. The third-order valence-electron chi connectivity index (χ3n) is 2.86. The van der Waals surface area contributed by atoms with Gasteiger partial charge in [-0.15, -0.1) is 0 Å². The maximum absolute atomic E-state index is 4.31. The third-order valence-corrected chi connectivity index (χ3v) is 3.41. The molecule has 3 heteroatoms. The van der Waals surface area contributed by atoms with Gasteiger partial charge in [-0.2, -0.15) is 0 Å². The van der Waals surface area contributed by atoms with Crippen molar-refractivity contribution in [2.24, 2.45) is 0 Å². The lowest BCUT2D eigenvalue weighted by Gasteiger charge is -2.00. The van der Waals surface area contributed by atoms with Gasteiger partial charge in [0.15, 0.2) is 0 Å². The lowest BCUT2D eigenvalue weighted by molar-refractivity contribution is 0.572. The molecule has 0 saturated carbocycles. The van der Waals surface area contributed by atoms with Crippen molar-refractivity contribution >= 4 is 22.6 Å². The molecule has 0 atom stereocenters. The molecule has 1 aromatic heterocycles. The van der Waals surface area contributed by atoms with Crippen LogP contribution in [0.15, 0.2) is 6.20 Å². The molecule has 0 spiro atoms. The van der Waals surface area contributed by atoms with Crippen molar-refractivity contribution in [3.63, 3.8) is 0 Å². The first kappa shape index (κ1) is 14.0. The van der Waals surface area contributed by atoms with Crippen molar-refractivity contribution in [1.82, 2.24) is 9.97 Å². The monoisotopic (exact) mass is 334 g/mol. The van der Waals surface area contributed by atoms with Crippen LogP contribution < -0.4 is 0 Å². The molecule has 0 aliphatic heterocycles. The normalized spacial score (nSPS) is 10.9. The summed E-state index contributed by atoms with van der Waals surface area (Å²) in [6, 6.07) is 0. The number of nitrogens with one attached hydrogen (secondary N) is 1. The molecule has 0 aromatic carbocycles. The number of hydrogen-bond donors (Lipinski definition) is 1. The molecule has 0 aliphatic carbocycles. The van der Waals surface area contributed by atoms with Gasteiger partial charge in [0.25, 0.3) is 0 Å². The Balaban J connectivity index is 1.88. The summed E-state index contributed by atoms with van der Waals surface area (Å²) in [5.74, 6) is 1.15. The van der Waals surface area contributed by atoms with Crippen LogP contribution in [0.25, 0.3) is 0 Å². The molecular weight excluding hydrogens is 311 g/mol. The molecule has 1 rings (SSSR count). The van der Waals surface area contributed by atoms with Crippen LogP contribution in [0, 0.1) is 3.70 Å². The van der Waals surface area contributed by atoms with Gasteiger partial charge in [-0.3, -0.25) is 0 Å². The largest absolute Gasteiger partial charge is 0.337 e. The first-order valence-electron chi connectivity index (χ1n) is 6.52. The molecule has 1 heterocycles. The van der Waals surface area contributed by atoms with Crippen LogP contribution in [0.1, 0.15) is 64.1 Å². The van der Waals surface area contributed by atoms with E-state index in [-0.39, 0.29) is 0 Å². The van der Waals surface area contributed by atoms with Gasteiger partial charge in [-0.05, 0) is 29.0 Å². The molecule has 0 unspecified atom stereocenters. The van der Waals surface area contributed by atoms with Crippen LogP contribution in [-0.2, 0) is 6.42 Å². The number of aromatic nitrogens is 2. The van der Waals surface area contributed by atoms with Crippen molar-refractivity contribution in [2.75, 3.05) is 0 Å². The van der Waals surface area contributed by atoms with Crippen LogP contribution in [0.4, 0.5) is 0 Å². The van der Waals surface area contributed by atoms with E-state index in [1.165, 1.54) is 51.4 Å². The fourth-order valence-electron chi connectivity index (χ4n) is 1.89. The lowest BCUT2D eigenvalue weighted by Crippen LogP contribution is -1.89. The average Bonchev–Trinajstić information content (AvgIpc) is 2.68.